The van der Waals surface area contributed by atoms with E-state index in [4.69, 9.17) is 0 Å². The Bertz CT molecular complexity index is 895. The zero-order chi connectivity index (χ0) is 16.0. The Labute approximate surface area is 132 Å². The van der Waals surface area contributed by atoms with Gasteiger partial charge in [-0.3, -0.25) is 14.2 Å². The van der Waals surface area contributed by atoms with Crippen LogP contribution in [0.25, 0.3) is 10.9 Å². The molecular formula is C16H17N5O2. The molecule has 1 aromatic carbocycles. The maximum atomic E-state index is 12.9. The first-order valence-corrected chi connectivity index (χ1v) is 7.55. The molecular weight excluding hydrogens is 294 g/mol. The fourth-order valence-corrected chi connectivity index (χ4v) is 3.10. The Morgan fingerprint density at radius 3 is 2.91 bits per heavy atom. The second-order valence-corrected chi connectivity index (χ2v) is 5.72. The van der Waals surface area contributed by atoms with Crippen LogP contribution in [0.2, 0.25) is 0 Å². The molecule has 0 spiro atoms. The molecule has 1 N–H and O–H groups in total. The summed E-state index contributed by atoms with van der Waals surface area (Å²) >= 11 is 0. The molecule has 118 valence electrons. The normalized spacial score (nSPS) is 14.3. The lowest BCUT2D eigenvalue weighted by atomic mass is 10.2. The molecule has 2 aromatic heterocycles. The number of hydrogen-bond acceptors (Lipinski definition) is 4. The van der Waals surface area contributed by atoms with E-state index in [1.807, 2.05) is 42.1 Å². The molecule has 3 aromatic rings. The first-order valence-electron chi connectivity index (χ1n) is 7.55. The fourth-order valence-electron chi connectivity index (χ4n) is 3.10. The van der Waals surface area contributed by atoms with E-state index in [0.717, 1.165) is 16.6 Å². The van der Waals surface area contributed by atoms with Crippen LogP contribution in [0.4, 0.5) is 0 Å². The van der Waals surface area contributed by atoms with Crippen molar-refractivity contribution >= 4 is 16.8 Å². The van der Waals surface area contributed by atoms with Gasteiger partial charge in [0.1, 0.15) is 0 Å². The van der Waals surface area contributed by atoms with Gasteiger partial charge < -0.3 is 10.0 Å². The molecule has 4 rings (SSSR count). The van der Waals surface area contributed by atoms with Crippen molar-refractivity contribution in [1.29, 1.82) is 0 Å². The smallest absolute Gasteiger partial charge is 0.275 e. The standard InChI is InChI=1S/C16H17N5O2/c1-19-14-5-3-2-4-13(14)15(18-19)16(23)20-6-7-21-12(9-20)8-11(10-22)17-21/h2-5,8,22H,6-7,9-10H2,1H3. The van der Waals surface area contributed by atoms with Gasteiger partial charge >= 0.3 is 0 Å². The number of nitrogens with zero attached hydrogens (tertiary/aromatic N) is 5. The Morgan fingerprint density at radius 2 is 2.09 bits per heavy atom. The molecule has 0 bridgehead atoms. The van der Waals surface area contributed by atoms with Gasteiger partial charge in [0, 0.05) is 19.0 Å². The molecule has 0 radical (unpaired) electrons. The second-order valence-electron chi connectivity index (χ2n) is 5.72. The van der Waals surface area contributed by atoms with Gasteiger partial charge in [-0.1, -0.05) is 18.2 Å². The average Bonchev–Trinajstić information content (AvgIpc) is 3.15. The minimum Gasteiger partial charge on any atom is -0.390 e. The third kappa shape index (κ3) is 2.20. The van der Waals surface area contributed by atoms with Gasteiger partial charge in [-0.05, 0) is 12.1 Å². The summed E-state index contributed by atoms with van der Waals surface area (Å²) < 4.78 is 3.59. The summed E-state index contributed by atoms with van der Waals surface area (Å²) in [5, 5.41) is 18.8. The number of carbonyl (C=O) groups is 1. The summed E-state index contributed by atoms with van der Waals surface area (Å²) in [6.07, 6.45) is 0. The Balaban J connectivity index is 1.67. The molecule has 0 unspecified atom stereocenters. The highest BCUT2D eigenvalue weighted by atomic mass is 16.3. The van der Waals surface area contributed by atoms with Crippen LogP contribution < -0.4 is 0 Å². The lowest BCUT2D eigenvalue weighted by molar-refractivity contribution is 0.0701. The Kier molecular flexibility index (Phi) is 3.16. The van der Waals surface area contributed by atoms with Crippen LogP contribution in [0, 0.1) is 0 Å². The molecule has 1 aliphatic heterocycles. The highest BCUT2D eigenvalue weighted by molar-refractivity contribution is 6.04. The van der Waals surface area contributed by atoms with E-state index < -0.39 is 0 Å². The van der Waals surface area contributed by atoms with Crippen molar-refractivity contribution in [3.05, 3.63) is 47.4 Å². The van der Waals surface area contributed by atoms with E-state index in [1.165, 1.54) is 0 Å². The number of amides is 1. The lowest BCUT2D eigenvalue weighted by Crippen LogP contribution is -2.38. The molecule has 7 nitrogen and oxygen atoms in total. The Morgan fingerprint density at radius 1 is 1.26 bits per heavy atom. The van der Waals surface area contributed by atoms with Gasteiger partial charge in [-0.15, -0.1) is 0 Å². The molecule has 0 fully saturated rings. The molecule has 0 saturated heterocycles. The van der Waals surface area contributed by atoms with Gasteiger partial charge in [0.2, 0.25) is 0 Å². The van der Waals surface area contributed by atoms with Crippen LogP contribution >= 0.6 is 0 Å². The third-order valence-corrected chi connectivity index (χ3v) is 4.26. The molecule has 0 aliphatic carbocycles. The summed E-state index contributed by atoms with van der Waals surface area (Å²) in [6, 6.07) is 9.58. The molecule has 1 amide bonds. The van der Waals surface area contributed by atoms with Gasteiger partial charge in [0.15, 0.2) is 5.69 Å². The highest BCUT2D eigenvalue weighted by Crippen LogP contribution is 2.21. The number of carbonyl (C=O) groups excluding carboxylic acids is 1. The maximum absolute atomic E-state index is 12.9. The summed E-state index contributed by atoms with van der Waals surface area (Å²) in [5.41, 5.74) is 3.00. The molecule has 0 saturated carbocycles. The number of aliphatic hydroxyl groups excluding tert-OH is 1. The predicted molar refractivity (Wildman–Crippen MR) is 83.6 cm³/mol. The summed E-state index contributed by atoms with van der Waals surface area (Å²) in [7, 11) is 1.85. The van der Waals surface area contributed by atoms with E-state index in [2.05, 4.69) is 10.2 Å². The molecule has 0 atom stereocenters. The maximum Gasteiger partial charge on any atom is 0.275 e. The largest absolute Gasteiger partial charge is 0.390 e. The number of rotatable bonds is 2. The first kappa shape index (κ1) is 14.0. The lowest BCUT2D eigenvalue weighted by Gasteiger charge is -2.27. The number of aliphatic hydroxyl groups is 1. The number of para-hydroxylation sites is 1. The topological polar surface area (TPSA) is 76.2 Å². The van der Waals surface area contributed by atoms with Gasteiger partial charge in [-0.25, -0.2) is 0 Å². The summed E-state index contributed by atoms with van der Waals surface area (Å²) in [5.74, 6) is -0.0696. The third-order valence-electron chi connectivity index (χ3n) is 4.26. The first-order chi connectivity index (χ1) is 11.2. The quantitative estimate of drug-likeness (QED) is 0.763. The van der Waals surface area contributed by atoms with Crippen molar-refractivity contribution in [3.63, 3.8) is 0 Å². The summed E-state index contributed by atoms with van der Waals surface area (Å²) in [6.45, 7) is 1.62. The van der Waals surface area contributed by atoms with E-state index in [1.54, 1.807) is 9.58 Å². The van der Waals surface area contributed by atoms with Gasteiger partial charge in [-0.2, -0.15) is 10.2 Å². The number of benzene rings is 1. The molecule has 7 heteroatoms. The van der Waals surface area contributed by atoms with Crippen molar-refractivity contribution in [1.82, 2.24) is 24.5 Å². The van der Waals surface area contributed by atoms with Gasteiger partial charge in [0.25, 0.3) is 5.91 Å². The van der Waals surface area contributed by atoms with E-state index in [-0.39, 0.29) is 12.5 Å². The van der Waals surface area contributed by atoms with Crippen molar-refractivity contribution in [2.24, 2.45) is 7.05 Å². The van der Waals surface area contributed by atoms with Crippen molar-refractivity contribution in [2.45, 2.75) is 19.7 Å². The highest BCUT2D eigenvalue weighted by Gasteiger charge is 2.26. The second kappa shape index (κ2) is 5.20. The Hall–Kier alpha value is -2.67. The van der Waals surface area contributed by atoms with Crippen molar-refractivity contribution < 1.29 is 9.90 Å². The minimum atomic E-state index is -0.0845. The van der Waals surface area contributed by atoms with Gasteiger partial charge in [0.05, 0.1) is 36.6 Å². The number of hydrogen-bond donors (Lipinski definition) is 1. The molecule has 1 aliphatic rings. The average molecular weight is 311 g/mol. The van der Waals surface area contributed by atoms with Crippen LogP contribution in [0.15, 0.2) is 30.3 Å². The SMILES string of the molecule is Cn1nc(C(=O)N2CCn3nc(CO)cc3C2)c2ccccc21. The number of aromatic nitrogens is 4. The van der Waals surface area contributed by atoms with Crippen LogP contribution in [-0.4, -0.2) is 42.0 Å². The zero-order valence-corrected chi connectivity index (χ0v) is 12.8. The molecule has 3 heterocycles. The van der Waals surface area contributed by atoms with Crippen LogP contribution in [-0.2, 0) is 26.7 Å². The zero-order valence-electron chi connectivity index (χ0n) is 12.8. The van der Waals surface area contributed by atoms with E-state index in [0.29, 0.717) is 31.0 Å². The fraction of sp³-hybridized carbons (Fsp3) is 0.312. The number of fused-ring (bicyclic) bond motifs is 2. The van der Waals surface area contributed by atoms with E-state index in [9.17, 15) is 9.90 Å². The van der Waals surface area contributed by atoms with Crippen LogP contribution in [0.1, 0.15) is 21.9 Å². The van der Waals surface area contributed by atoms with Crippen LogP contribution in [0.3, 0.4) is 0 Å². The monoisotopic (exact) mass is 311 g/mol. The summed E-state index contributed by atoms with van der Waals surface area (Å²) in [4.78, 5) is 14.7. The minimum absolute atomic E-state index is 0.0696. The van der Waals surface area contributed by atoms with Crippen molar-refractivity contribution in [3.8, 4) is 0 Å². The number of aryl methyl sites for hydroxylation is 1. The van der Waals surface area contributed by atoms with Crippen molar-refractivity contribution in [2.75, 3.05) is 6.54 Å². The molecule has 23 heavy (non-hydrogen) atoms. The predicted octanol–water partition coefficient (Wildman–Crippen LogP) is 0.918. The van der Waals surface area contributed by atoms with E-state index >= 15 is 0 Å². The van der Waals surface area contributed by atoms with Crippen LogP contribution in [0.5, 0.6) is 0 Å².